The van der Waals surface area contributed by atoms with Crippen molar-refractivity contribution < 1.29 is 20.3 Å². The minimum Gasteiger partial charge on any atom is -0.544 e. The molecule has 0 saturated heterocycles. The van der Waals surface area contributed by atoms with Gasteiger partial charge < -0.3 is 25.3 Å². The average molecular weight is 322 g/mol. The summed E-state index contributed by atoms with van der Waals surface area (Å²) in [6.07, 6.45) is 0.407. The summed E-state index contributed by atoms with van der Waals surface area (Å²) < 4.78 is 0. The van der Waals surface area contributed by atoms with E-state index in [1.165, 1.54) is 0 Å². The van der Waals surface area contributed by atoms with E-state index in [-0.39, 0.29) is 11.8 Å². The van der Waals surface area contributed by atoms with Crippen molar-refractivity contribution in [2.75, 3.05) is 0 Å². The molecule has 1 aliphatic heterocycles. The molecule has 2 heterocycles. The molecule has 4 N–H and O–H groups in total. The van der Waals surface area contributed by atoms with Crippen molar-refractivity contribution >= 4 is 16.9 Å². The summed E-state index contributed by atoms with van der Waals surface area (Å²) in [5, 5.41) is 24.6. The van der Waals surface area contributed by atoms with Gasteiger partial charge in [-0.3, -0.25) is 0 Å². The molecule has 0 aliphatic carbocycles. The van der Waals surface area contributed by atoms with Gasteiger partial charge in [-0.25, -0.2) is 0 Å². The number of aromatic hydroxyl groups is 1. The minimum absolute atomic E-state index is 0.172. The number of hydrogen-bond donors (Lipinski definition) is 3. The summed E-state index contributed by atoms with van der Waals surface area (Å²) in [6.45, 7) is 1.95. The number of hydrogen-bond acceptors (Lipinski definition) is 3. The summed E-state index contributed by atoms with van der Waals surface area (Å²) in [7, 11) is 0. The molecular formula is C19H18N2O3. The fourth-order valence-corrected chi connectivity index (χ4v) is 3.67. The van der Waals surface area contributed by atoms with E-state index < -0.39 is 12.0 Å². The zero-order chi connectivity index (χ0) is 16.8. The Balaban J connectivity index is 1.94. The second-order valence-electron chi connectivity index (χ2n) is 6.42. The SMILES string of the molecule is Cc1ccc(O)c(C2[NH2+]C(C(=O)[O-])Cc3c2[nH]c2ccccc32)c1. The summed E-state index contributed by atoms with van der Waals surface area (Å²) in [5.74, 6) is -0.909. The molecule has 2 unspecified atom stereocenters. The van der Waals surface area contributed by atoms with E-state index in [1.54, 1.807) is 11.4 Å². The Labute approximate surface area is 138 Å². The van der Waals surface area contributed by atoms with Crippen LogP contribution in [0.1, 0.15) is 28.4 Å². The first-order valence-corrected chi connectivity index (χ1v) is 7.99. The number of carboxylic acids is 1. The number of carbonyl (C=O) groups is 1. The van der Waals surface area contributed by atoms with Gasteiger partial charge >= 0.3 is 0 Å². The van der Waals surface area contributed by atoms with Crippen LogP contribution < -0.4 is 10.4 Å². The Hall–Kier alpha value is -2.79. The third-order valence-electron chi connectivity index (χ3n) is 4.83. The Morgan fingerprint density at radius 2 is 2.08 bits per heavy atom. The number of nitrogens with two attached hydrogens (primary N) is 1. The number of aromatic amines is 1. The van der Waals surface area contributed by atoms with Crippen LogP contribution in [0.4, 0.5) is 0 Å². The first-order valence-electron chi connectivity index (χ1n) is 7.99. The Bertz CT molecular complexity index is 945. The zero-order valence-electron chi connectivity index (χ0n) is 13.2. The van der Waals surface area contributed by atoms with Gasteiger partial charge in [0.25, 0.3) is 0 Å². The summed E-state index contributed by atoms with van der Waals surface area (Å²) in [5.41, 5.74) is 4.66. The summed E-state index contributed by atoms with van der Waals surface area (Å²) in [4.78, 5) is 15.0. The smallest absolute Gasteiger partial charge is 0.157 e. The average Bonchev–Trinajstić information content (AvgIpc) is 2.95. The molecule has 1 aliphatic rings. The van der Waals surface area contributed by atoms with Crippen LogP contribution in [0.25, 0.3) is 10.9 Å². The first-order chi connectivity index (χ1) is 11.5. The van der Waals surface area contributed by atoms with Gasteiger partial charge in [0.1, 0.15) is 11.8 Å². The number of rotatable bonds is 2. The maximum absolute atomic E-state index is 11.5. The second-order valence-corrected chi connectivity index (χ2v) is 6.42. The number of phenolic OH excluding ortho intramolecular Hbond substituents is 1. The van der Waals surface area contributed by atoms with Gasteiger partial charge in [0.2, 0.25) is 0 Å². The van der Waals surface area contributed by atoms with E-state index in [9.17, 15) is 15.0 Å². The van der Waals surface area contributed by atoms with Gasteiger partial charge in [0.05, 0.1) is 17.2 Å². The molecule has 5 heteroatoms. The lowest BCUT2D eigenvalue weighted by Crippen LogP contribution is -2.95. The fraction of sp³-hybridized carbons (Fsp3) is 0.211. The number of carboxylic acid groups (broad SMARTS) is 1. The number of nitrogens with one attached hydrogen (secondary N) is 1. The van der Waals surface area contributed by atoms with E-state index in [2.05, 4.69) is 4.98 Å². The van der Waals surface area contributed by atoms with Crippen molar-refractivity contribution in [2.45, 2.75) is 25.4 Å². The quantitative estimate of drug-likeness (QED) is 0.642. The van der Waals surface area contributed by atoms with Crippen molar-refractivity contribution in [3.05, 3.63) is 64.8 Å². The number of aryl methyl sites for hydroxylation is 1. The zero-order valence-corrected chi connectivity index (χ0v) is 13.2. The van der Waals surface area contributed by atoms with E-state index in [0.29, 0.717) is 12.0 Å². The van der Waals surface area contributed by atoms with E-state index in [1.807, 2.05) is 43.3 Å². The number of H-pyrrole nitrogens is 1. The molecule has 4 rings (SSSR count). The lowest BCUT2D eigenvalue weighted by Gasteiger charge is -2.29. The fourth-order valence-electron chi connectivity index (χ4n) is 3.67. The van der Waals surface area contributed by atoms with Crippen molar-refractivity contribution in [3.63, 3.8) is 0 Å². The second kappa shape index (κ2) is 5.39. The molecule has 0 spiro atoms. The molecule has 1 aromatic heterocycles. The maximum Gasteiger partial charge on any atom is 0.157 e. The van der Waals surface area contributed by atoms with E-state index in [4.69, 9.17) is 0 Å². The Morgan fingerprint density at radius 1 is 1.29 bits per heavy atom. The topological polar surface area (TPSA) is 92.8 Å². The summed E-state index contributed by atoms with van der Waals surface area (Å²) >= 11 is 0. The highest BCUT2D eigenvalue weighted by Crippen LogP contribution is 2.35. The molecule has 24 heavy (non-hydrogen) atoms. The van der Waals surface area contributed by atoms with Crippen molar-refractivity contribution in [3.8, 4) is 5.75 Å². The molecule has 0 saturated carbocycles. The number of para-hydroxylation sites is 1. The lowest BCUT2D eigenvalue weighted by molar-refractivity contribution is -0.717. The van der Waals surface area contributed by atoms with Crippen LogP contribution in [-0.4, -0.2) is 22.1 Å². The van der Waals surface area contributed by atoms with Crippen LogP contribution in [0.3, 0.4) is 0 Å². The number of carbonyl (C=O) groups excluding carboxylic acids is 1. The summed E-state index contributed by atoms with van der Waals surface area (Å²) in [6, 6.07) is 12.3. The number of phenols is 1. The standard InChI is InChI=1S/C19H18N2O3/c1-10-6-7-16(22)13(8-10)18-17-12(9-15(21-18)19(23)24)11-4-2-3-5-14(11)20-17/h2-8,15,18,20-22H,9H2,1H3,(H,23,24). The first kappa shape index (κ1) is 14.8. The highest BCUT2D eigenvalue weighted by Gasteiger charge is 2.36. The monoisotopic (exact) mass is 322 g/mol. The molecule has 5 nitrogen and oxygen atoms in total. The van der Waals surface area contributed by atoms with Crippen LogP contribution in [0, 0.1) is 6.92 Å². The van der Waals surface area contributed by atoms with Crippen LogP contribution in [0.5, 0.6) is 5.75 Å². The van der Waals surface area contributed by atoms with Gasteiger partial charge in [-0.2, -0.15) is 0 Å². The van der Waals surface area contributed by atoms with Crippen molar-refractivity contribution in [1.82, 2.24) is 4.98 Å². The maximum atomic E-state index is 11.5. The van der Waals surface area contributed by atoms with Gasteiger partial charge in [-0.1, -0.05) is 29.8 Å². The lowest BCUT2D eigenvalue weighted by atomic mass is 9.89. The highest BCUT2D eigenvalue weighted by atomic mass is 16.4. The van der Waals surface area contributed by atoms with Crippen molar-refractivity contribution in [2.24, 2.45) is 0 Å². The van der Waals surface area contributed by atoms with Gasteiger partial charge in [-0.05, 0) is 30.7 Å². The number of aromatic nitrogens is 1. The number of benzene rings is 2. The van der Waals surface area contributed by atoms with E-state index >= 15 is 0 Å². The Kier molecular flexibility index (Phi) is 3.32. The van der Waals surface area contributed by atoms with Crippen LogP contribution >= 0.6 is 0 Å². The minimum atomic E-state index is -1.08. The highest BCUT2D eigenvalue weighted by molar-refractivity contribution is 5.86. The predicted octanol–water partition coefficient (Wildman–Crippen LogP) is 0.509. The number of aliphatic carboxylic acids is 1. The third kappa shape index (κ3) is 2.25. The molecule has 0 amide bonds. The van der Waals surface area contributed by atoms with Crippen LogP contribution in [0.15, 0.2) is 42.5 Å². The molecular weight excluding hydrogens is 304 g/mol. The molecule has 0 radical (unpaired) electrons. The van der Waals surface area contributed by atoms with Gasteiger partial charge in [0.15, 0.2) is 6.04 Å². The largest absolute Gasteiger partial charge is 0.544 e. The third-order valence-corrected chi connectivity index (χ3v) is 4.83. The molecule has 0 bridgehead atoms. The molecule has 2 atom stereocenters. The molecule has 2 aromatic carbocycles. The van der Waals surface area contributed by atoms with Gasteiger partial charge in [-0.15, -0.1) is 0 Å². The predicted molar refractivity (Wildman–Crippen MR) is 87.4 cm³/mol. The van der Waals surface area contributed by atoms with Crippen LogP contribution in [0.2, 0.25) is 0 Å². The Morgan fingerprint density at radius 3 is 2.88 bits per heavy atom. The van der Waals surface area contributed by atoms with E-state index in [0.717, 1.165) is 27.7 Å². The molecule has 0 fully saturated rings. The molecule has 122 valence electrons. The molecule has 3 aromatic rings. The van der Waals surface area contributed by atoms with Gasteiger partial charge in [0, 0.05) is 17.3 Å². The van der Waals surface area contributed by atoms with Crippen molar-refractivity contribution in [1.29, 1.82) is 0 Å². The normalized spacial score (nSPS) is 20.0. The number of quaternary nitrogens is 1. The number of fused-ring (bicyclic) bond motifs is 3. The van der Waals surface area contributed by atoms with Crippen LogP contribution in [-0.2, 0) is 11.2 Å².